The summed E-state index contributed by atoms with van der Waals surface area (Å²) >= 11 is 2.05. The molecule has 0 aromatic heterocycles. The van der Waals surface area contributed by atoms with Crippen LogP contribution in [0.4, 0.5) is 26.3 Å². The van der Waals surface area contributed by atoms with Gasteiger partial charge in [0.25, 0.3) is 0 Å². The molecule has 1 heterocycles. The van der Waals surface area contributed by atoms with Crippen molar-refractivity contribution >= 4 is 39.8 Å². The van der Waals surface area contributed by atoms with Crippen molar-refractivity contribution in [3.05, 3.63) is 35.9 Å². The molecule has 0 N–H and O–H groups in total. The number of amidine groups is 1. The third kappa shape index (κ3) is 4.00. The Kier molecular flexibility index (Phi) is 5.95. The molecular weight excluding hydrogens is 404 g/mol. The molecule has 0 saturated heterocycles. The van der Waals surface area contributed by atoms with Gasteiger partial charge in [0.15, 0.2) is 0 Å². The van der Waals surface area contributed by atoms with Gasteiger partial charge in [-0.05, 0) is 24.6 Å². The van der Waals surface area contributed by atoms with E-state index in [4.69, 9.17) is 4.74 Å². The summed E-state index contributed by atoms with van der Waals surface area (Å²) < 4.78 is 85.7. The smallest absolute Gasteiger partial charge is 0.405 e. The van der Waals surface area contributed by atoms with E-state index >= 15 is 0 Å². The van der Waals surface area contributed by atoms with Gasteiger partial charge in [-0.2, -0.15) is 36.3 Å². The lowest BCUT2D eigenvalue weighted by Gasteiger charge is -2.33. The fourth-order valence-corrected chi connectivity index (χ4v) is 2.87. The van der Waals surface area contributed by atoms with Gasteiger partial charge >= 0.3 is 24.0 Å². The molecule has 0 bridgehead atoms. The second-order valence-corrected chi connectivity index (χ2v) is 6.58. The fourth-order valence-electron chi connectivity index (χ4n) is 1.86. The molecule has 142 valence electrons. The predicted molar refractivity (Wildman–Crippen MR) is 90.8 cm³/mol. The van der Waals surface area contributed by atoms with Crippen molar-refractivity contribution in [2.75, 3.05) is 12.5 Å². The van der Waals surface area contributed by atoms with Crippen molar-refractivity contribution < 1.29 is 31.1 Å². The van der Waals surface area contributed by atoms with Crippen molar-refractivity contribution in [2.24, 2.45) is 15.0 Å². The monoisotopic (exact) mass is 415 g/mol. The minimum absolute atomic E-state index is 0.0668. The third-order valence-corrected chi connectivity index (χ3v) is 4.94. The number of aliphatic imine (C=N–C) groups is 3. The van der Waals surface area contributed by atoms with Gasteiger partial charge in [-0.3, -0.25) is 0 Å². The Morgan fingerprint density at radius 1 is 0.962 bits per heavy atom. The highest BCUT2D eigenvalue weighted by Gasteiger charge is 2.74. The van der Waals surface area contributed by atoms with Gasteiger partial charge in [-0.15, -0.1) is 23.5 Å². The van der Waals surface area contributed by atoms with Crippen LogP contribution in [0.1, 0.15) is 5.56 Å². The minimum Gasteiger partial charge on any atom is -0.405 e. The zero-order valence-electron chi connectivity index (χ0n) is 13.2. The van der Waals surface area contributed by atoms with Gasteiger partial charge in [-0.1, -0.05) is 18.2 Å². The van der Waals surface area contributed by atoms with Crippen molar-refractivity contribution in [1.29, 1.82) is 0 Å². The highest BCUT2D eigenvalue weighted by Crippen LogP contribution is 2.48. The third-order valence-electron chi connectivity index (χ3n) is 3.06. The quantitative estimate of drug-likeness (QED) is 0.379. The number of alkyl halides is 6. The molecule has 1 aliphatic heterocycles. The lowest BCUT2D eigenvalue weighted by atomic mass is 10.1. The van der Waals surface area contributed by atoms with Crippen LogP contribution in [0.3, 0.4) is 0 Å². The highest BCUT2D eigenvalue weighted by atomic mass is 32.2. The standard InChI is InChI=1S/C14H11F6N3OS2/c1-25-11(26-2)21-10-23-12(13(15,16)17,14(18,19)20)22-9(24-10)8-6-4-3-5-7-8/h3-7H,1-2H3. The van der Waals surface area contributed by atoms with Crippen LogP contribution < -0.4 is 0 Å². The largest absolute Gasteiger partial charge is 0.443 e. The zero-order valence-corrected chi connectivity index (χ0v) is 14.9. The summed E-state index contributed by atoms with van der Waals surface area (Å²) in [5, 5.41) is 0. The Labute approximate surface area is 152 Å². The first-order valence-electron chi connectivity index (χ1n) is 6.77. The molecular formula is C14H11F6N3OS2. The van der Waals surface area contributed by atoms with Gasteiger partial charge in [0.05, 0.1) is 0 Å². The van der Waals surface area contributed by atoms with E-state index in [-0.39, 0.29) is 9.94 Å². The maximum absolute atomic E-state index is 13.4. The molecule has 0 saturated carbocycles. The number of ether oxygens (including phenoxy) is 1. The SMILES string of the molecule is CSC(=NC1=NC(C(F)(F)F)(C(F)(F)F)N=C(c2ccccc2)O1)SC. The van der Waals surface area contributed by atoms with Crippen LogP contribution in [0.5, 0.6) is 0 Å². The average Bonchev–Trinajstić information content (AvgIpc) is 2.58. The molecule has 0 amide bonds. The van der Waals surface area contributed by atoms with Crippen LogP contribution in [-0.4, -0.2) is 46.8 Å². The van der Waals surface area contributed by atoms with Crippen LogP contribution in [0.25, 0.3) is 0 Å². The number of hydrogen-bond acceptors (Lipinski definition) is 6. The van der Waals surface area contributed by atoms with Crippen molar-refractivity contribution in [2.45, 2.75) is 18.0 Å². The second kappa shape index (κ2) is 7.51. The van der Waals surface area contributed by atoms with Gasteiger partial charge in [0.2, 0.25) is 5.90 Å². The van der Waals surface area contributed by atoms with E-state index in [9.17, 15) is 26.3 Å². The summed E-state index contributed by atoms with van der Waals surface area (Å²) in [6.07, 6.45) is -8.55. The normalized spacial score (nSPS) is 17.1. The summed E-state index contributed by atoms with van der Waals surface area (Å²) in [4.78, 5) is 9.18. The zero-order chi connectivity index (χ0) is 19.6. The Balaban J connectivity index is 2.71. The number of nitrogens with zero attached hydrogens (tertiary/aromatic N) is 3. The predicted octanol–water partition coefficient (Wildman–Crippen LogP) is 4.72. The minimum atomic E-state index is -5.84. The van der Waals surface area contributed by atoms with E-state index in [0.29, 0.717) is 0 Å². The lowest BCUT2D eigenvalue weighted by molar-refractivity contribution is -0.293. The first kappa shape index (κ1) is 20.6. The summed E-state index contributed by atoms with van der Waals surface area (Å²) in [7, 11) is 0. The molecule has 1 aromatic rings. The van der Waals surface area contributed by atoms with Crippen LogP contribution in [0, 0.1) is 0 Å². The highest BCUT2D eigenvalue weighted by molar-refractivity contribution is 8.38. The molecule has 1 aliphatic rings. The number of benzene rings is 1. The number of halogens is 6. The Morgan fingerprint density at radius 2 is 1.50 bits per heavy atom. The Hall–Kier alpha value is -1.69. The molecule has 0 unspecified atom stereocenters. The van der Waals surface area contributed by atoms with E-state index in [2.05, 4.69) is 15.0 Å². The van der Waals surface area contributed by atoms with Gasteiger partial charge in [0, 0.05) is 5.56 Å². The molecule has 26 heavy (non-hydrogen) atoms. The van der Waals surface area contributed by atoms with Crippen molar-refractivity contribution in [1.82, 2.24) is 0 Å². The van der Waals surface area contributed by atoms with Crippen LogP contribution in [0.2, 0.25) is 0 Å². The molecule has 0 atom stereocenters. The molecule has 4 nitrogen and oxygen atoms in total. The molecule has 0 aliphatic carbocycles. The summed E-state index contributed by atoms with van der Waals surface area (Å²) in [6.45, 7) is 0. The lowest BCUT2D eigenvalue weighted by Crippen LogP contribution is -2.56. The van der Waals surface area contributed by atoms with Gasteiger partial charge < -0.3 is 4.74 Å². The van der Waals surface area contributed by atoms with Crippen LogP contribution in [0.15, 0.2) is 45.3 Å². The topological polar surface area (TPSA) is 46.3 Å². The van der Waals surface area contributed by atoms with Gasteiger partial charge in [-0.25, -0.2) is 4.99 Å². The number of rotatable bonds is 1. The molecule has 0 radical (unpaired) electrons. The summed E-state index contributed by atoms with van der Waals surface area (Å²) in [6, 6.07) is 5.87. The molecule has 0 spiro atoms. The number of thioether (sulfide) groups is 2. The molecule has 1 aromatic carbocycles. The molecule has 12 heteroatoms. The van der Waals surface area contributed by atoms with Crippen LogP contribution in [-0.2, 0) is 4.74 Å². The maximum Gasteiger partial charge on any atom is 0.443 e. The van der Waals surface area contributed by atoms with E-state index in [1.807, 2.05) is 0 Å². The van der Waals surface area contributed by atoms with Crippen molar-refractivity contribution in [3.8, 4) is 0 Å². The first-order valence-corrected chi connectivity index (χ1v) is 9.22. The summed E-state index contributed by atoms with van der Waals surface area (Å²) in [5.41, 5.74) is -4.76. The Morgan fingerprint density at radius 3 is 1.96 bits per heavy atom. The van der Waals surface area contributed by atoms with E-state index in [1.165, 1.54) is 24.3 Å². The fraction of sp³-hybridized carbons (Fsp3) is 0.357. The van der Waals surface area contributed by atoms with Crippen molar-refractivity contribution in [3.63, 3.8) is 0 Å². The Bertz CT molecular complexity index is 723. The summed E-state index contributed by atoms with van der Waals surface area (Å²) in [5.74, 6) is -0.865. The average molecular weight is 415 g/mol. The van der Waals surface area contributed by atoms with E-state index in [0.717, 1.165) is 23.5 Å². The molecule has 2 rings (SSSR count). The molecule has 0 fully saturated rings. The van der Waals surface area contributed by atoms with E-state index in [1.54, 1.807) is 18.6 Å². The van der Waals surface area contributed by atoms with Crippen LogP contribution >= 0.6 is 23.5 Å². The maximum atomic E-state index is 13.4. The first-order chi connectivity index (χ1) is 12.0. The number of hydrogen-bond donors (Lipinski definition) is 0. The van der Waals surface area contributed by atoms with E-state index < -0.39 is 29.9 Å². The second-order valence-electron chi connectivity index (χ2n) is 4.73. The van der Waals surface area contributed by atoms with Gasteiger partial charge in [0.1, 0.15) is 4.38 Å².